The number of Topliss-reactive ketones (excluding diaryl/α,β-unsaturated/α-hetero) is 1. The number of benzene rings is 1. The summed E-state index contributed by atoms with van der Waals surface area (Å²) in [5.74, 6) is -0.315. The minimum Gasteiger partial charge on any atom is -0.459 e. The lowest BCUT2D eigenvalue weighted by Crippen LogP contribution is -2.60. The molecular formula is C22H26O6. The molecule has 1 aromatic carbocycles. The number of carbonyl (C=O) groups excluding carboxylic acids is 3. The maximum Gasteiger partial charge on any atom is 0.308 e. The molecule has 28 heavy (non-hydrogen) atoms. The number of hydrogen-bond donors (Lipinski definition) is 1. The lowest BCUT2D eigenvalue weighted by Gasteiger charge is -2.56. The molecule has 0 unspecified atom stereocenters. The van der Waals surface area contributed by atoms with Gasteiger partial charge in [0, 0.05) is 32.1 Å². The van der Waals surface area contributed by atoms with Gasteiger partial charge in [-0.3, -0.25) is 14.4 Å². The third kappa shape index (κ3) is 2.69. The van der Waals surface area contributed by atoms with Crippen LogP contribution in [0.4, 0.5) is 0 Å². The maximum absolute atomic E-state index is 12.7. The van der Waals surface area contributed by atoms with Crippen molar-refractivity contribution in [3.63, 3.8) is 0 Å². The SMILES string of the molecule is CC(=O)Oc1ccc2c(c1)CC[C@@H]1[C@H]3CCC(=O)[C@]3(C)C[C@@H](OC(C)=O)[C@@]21O. The maximum atomic E-state index is 12.7. The van der Waals surface area contributed by atoms with E-state index in [1.807, 2.05) is 6.92 Å². The number of esters is 2. The van der Waals surface area contributed by atoms with E-state index in [4.69, 9.17) is 9.47 Å². The summed E-state index contributed by atoms with van der Waals surface area (Å²) in [5.41, 5.74) is -0.301. The van der Waals surface area contributed by atoms with Crippen molar-refractivity contribution in [3.05, 3.63) is 29.3 Å². The molecule has 0 amide bonds. The molecule has 0 radical (unpaired) electrons. The Morgan fingerprint density at radius 1 is 1.11 bits per heavy atom. The number of ketones is 1. The fourth-order valence-corrected chi connectivity index (χ4v) is 5.93. The Labute approximate surface area is 164 Å². The topological polar surface area (TPSA) is 89.9 Å². The van der Waals surface area contributed by atoms with E-state index in [9.17, 15) is 19.5 Å². The average Bonchev–Trinajstić information content (AvgIpc) is 2.89. The molecule has 4 rings (SSSR count). The zero-order valence-electron chi connectivity index (χ0n) is 16.5. The Kier molecular flexibility index (Phi) is 4.38. The van der Waals surface area contributed by atoms with Crippen LogP contribution in [0.3, 0.4) is 0 Å². The molecule has 3 aliphatic rings. The highest BCUT2D eigenvalue weighted by atomic mass is 16.6. The molecule has 2 fully saturated rings. The molecule has 0 saturated heterocycles. The monoisotopic (exact) mass is 386 g/mol. The van der Waals surface area contributed by atoms with Crippen LogP contribution in [0, 0.1) is 17.3 Å². The first-order valence-corrected chi connectivity index (χ1v) is 9.91. The number of aryl methyl sites for hydroxylation is 1. The van der Waals surface area contributed by atoms with Gasteiger partial charge in [0.2, 0.25) is 0 Å². The van der Waals surface area contributed by atoms with Crippen LogP contribution < -0.4 is 4.74 Å². The fraction of sp³-hybridized carbons (Fsp3) is 0.591. The van der Waals surface area contributed by atoms with E-state index in [0.717, 1.165) is 12.0 Å². The van der Waals surface area contributed by atoms with Gasteiger partial charge in [-0.05, 0) is 54.4 Å². The van der Waals surface area contributed by atoms with E-state index in [1.165, 1.54) is 13.8 Å². The molecule has 6 heteroatoms. The first-order valence-electron chi connectivity index (χ1n) is 9.91. The van der Waals surface area contributed by atoms with E-state index < -0.39 is 29.1 Å². The third-order valence-electron chi connectivity index (χ3n) is 7.09. The quantitative estimate of drug-likeness (QED) is 0.621. The molecule has 2 saturated carbocycles. The van der Waals surface area contributed by atoms with Crippen LogP contribution in [-0.2, 0) is 31.1 Å². The van der Waals surface area contributed by atoms with E-state index in [-0.39, 0.29) is 17.6 Å². The van der Waals surface area contributed by atoms with Crippen molar-refractivity contribution < 1.29 is 29.0 Å². The van der Waals surface area contributed by atoms with Gasteiger partial charge < -0.3 is 14.6 Å². The van der Waals surface area contributed by atoms with Gasteiger partial charge in [-0.1, -0.05) is 13.0 Å². The molecule has 0 spiro atoms. The largest absolute Gasteiger partial charge is 0.459 e. The lowest BCUT2D eigenvalue weighted by atomic mass is 9.52. The molecule has 1 N–H and O–H groups in total. The van der Waals surface area contributed by atoms with Crippen molar-refractivity contribution in [2.75, 3.05) is 0 Å². The van der Waals surface area contributed by atoms with Gasteiger partial charge in [0.05, 0.1) is 0 Å². The summed E-state index contributed by atoms with van der Waals surface area (Å²) in [4.78, 5) is 35.8. The number of aliphatic hydroxyl groups is 1. The first kappa shape index (κ1) is 19.1. The smallest absolute Gasteiger partial charge is 0.308 e. The highest BCUT2D eigenvalue weighted by molar-refractivity contribution is 5.87. The first-order chi connectivity index (χ1) is 13.2. The van der Waals surface area contributed by atoms with Crippen molar-refractivity contribution in [1.82, 2.24) is 0 Å². The Morgan fingerprint density at radius 2 is 1.82 bits per heavy atom. The van der Waals surface area contributed by atoms with E-state index >= 15 is 0 Å². The summed E-state index contributed by atoms with van der Waals surface area (Å²) in [6.45, 7) is 4.64. The van der Waals surface area contributed by atoms with Crippen molar-refractivity contribution in [3.8, 4) is 5.75 Å². The number of ether oxygens (including phenoxy) is 2. The van der Waals surface area contributed by atoms with E-state index in [0.29, 0.717) is 37.0 Å². The van der Waals surface area contributed by atoms with Crippen molar-refractivity contribution in [1.29, 1.82) is 0 Å². The highest BCUT2D eigenvalue weighted by Gasteiger charge is 2.65. The predicted molar refractivity (Wildman–Crippen MR) is 99.5 cm³/mol. The van der Waals surface area contributed by atoms with Gasteiger partial charge in [0.15, 0.2) is 0 Å². The lowest BCUT2D eigenvalue weighted by molar-refractivity contribution is -0.214. The average molecular weight is 386 g/mol. The zero-order valence-corrected chi connectivity index (χ0v) is 16.5. The molecule has 3 aliphatic carbocycles. The van der Waals surface area contributed by atoms with Crippen molar-refractivity contribution >= 4 is 17.7 Å². The van der Waals surface area contributed by atoms with Crippen molar-refractivity contribution in [2.24, 2.45) is 17.3 Å². The van der Waals surface area contributed by atoms with Gasteiger partial charge in [0.1, 0.15) is 23.2 Å². The minimum atomic E-state index is -1.34. The molecule has 5 atom stereocenters. The Balaban J connectivity index is 1.81. The summed E-state index contributed by atoms with van der Waals surface area (Å²) >= 11 is 0. The second-order valence-corrected chi connectivity index (χ2v) is 8.67. The summed E-state index contributed by atoms with van der Waals surface area (Å²) in [6.07, 6.45) is 2.23. The normalized spacial score (nSPS) is 36.1. The Morgan fingerprint density at radius 3 is 2.50 bits per heavy atom. The molecule has 0 aromatic heterocycles. The molecule has 0 bridgehead atoms. The van der Waals surface area contributed by atoms with Crippen LogP contribution in [0.25, 0.3) is 0 Å². The molecule has 6 nitrogen and oxygen atoms in total. The van der Waals surface area contributed by atoms with Crippen LogP contribution in [0.1, 0.15) is 57.6 Å². The summed E-state index contributed by atoms with van der Waals surface area (Å²) in [5, 5.41) is 12.0. The molecular weight excluding hydrogens is 360 g/mol. The van der Waals surface area contributed by atoms with Crippen LogP contribution in [0.5, 0.6) is 5.75 Å². The van der Waals surface area contributed by atoms with Crippen molar-refractivity contribution in [2.45, 2.75) is 64.6 Å². The van der Waals surface area contributed by atoms with Gasteiger partial charge in [-0.2, -0.15) is 0 Å². The minimum absolute atomic E-state index is 0.0677. The number of carbonyl (C=O) groups is 3. The van der Waals surface area contributed by atoms with Crippen LogP contribution in [-0.4, -0.2) is 28.9 Å². The molecule has 150 valence electrons. The van der Waals surface area contributed by atoms with Crippen LogP contribution in [0.2, 0.25) is 0 Å². The zero-order chi connectivity index (χ0) is 20.3. The van der Waals surface area contributed by atoms with Crippen LogP contribution >= 0.6 is 0 Å². The second kappa shape index (κ2) is 6.41. The fourth-order valence-electron chi connectivity index (χ4n) is 5.93. The molecule has 0 aliphatic heterocycles. The number of rotatable bonds is 2. The highest BCUT2D eigenvalue weighted by Crippen LogP contribution is 2.62. The summed E-state index contributed by atoms with van der Waals surface area (Å²) in [6, 6.07) is 5.22. The predicted octanol–water partition coefficient (Wildman–Crippen LogP) is 2.68. The number of fused-ring (bicyclic) bond motifs is 5. The van der Waals surface area contributed by atoms with E-state index in [1.54, 1.807) is 18.2 Å². The van der Waals surface area contributed by atoms with Gasteiger partial charge in [0.25, 0.3) is 0 Å². The standard InChI is InChI=1S/C22H26O6/c1-12(23)27-15-5-7-16-14(10-15)4-6-18-17-8-9-19(25)21(17,3)11-20(22(16,18)26)28-13(2)24/h5,7,10,17-18,20,26H,4,6,8-9,11H2,1-3H3/t17-,18-,20-,21-,22-/m1/s1. The Hall–Kier alpha value is -2.21. The van der Waals surface area contributed by atoms with Gasteiger partial charge >= 0.3 is 11.9 Å². The molecule has 1 aromatic rings. The Bertz CT molecular complexity index is 861. The van der Waals surface area contributed by atoms with Gasteiger partial charge in [-0.15, -0.1) is 0 Å². The summed E-state index contributed by atoms with van der Waals surface area (Å²) < 4.78 is 10.8. The summed E-state index contributed by atoms with van der Waals surface area (Å²) in [7, 11) is 0. The third-order valence-corrected chi connectivity index (χ3v) is 7.09. The number of hydrogen-bond acceptors (Lipinski definition) is 6. The van der Waals surface area contributed by atoms with E-state index in [2.05, 4.69) is 0 Å². The second-order valence-electron chi connectivity index (χ2n) is 8.67. The molecule has 0 heterocycles. The van der Waals surface area contributed by atoms with Gasteiger partial charge in [-0.25, -0.2) is 0 Å². The van der Waals surface area contributed by atoms with Crippen LogP contribution in [0.15, 0.2) is 18.2 Å².